The van der Waals surface area contributed by atoms with Crippen LogP contribution in [0.25, 0.3) is 0 Å². The topological polar surface area (TPSA) is 94.0 Å². The highest BCUT2D eigenvalue weighted by molar-refractivity contribution is 7.73. The van der Waals surface area contributed by atoms with Crippen LogP contribution in [0.1, 0.15) is 19.8 Å². The van der Waals surface area contributed by atoms with Crippen LogP contribution < -0.4 is 4.90 Å². The maximum atomic E-state index is 11.9. The molecule has 1 heterocycles. The summed E-state index contributed by atoms with van der Waals surface area (Å²) in [7, 11) is 2.54. The fourth-order valence-electron chi connectivity index (χ4n) is 2.20. The maximum absolute atomic E-state index is 11.9. The number of methoxy groups -OCH3 is 2. The number of anilines is 1. The molecule has 9 nitrogen and oxygen atoms in total. The predicted octanol–water partition coefficient (Wildman–Crippen LogP) is 0.795. The molecule has 0 bridgehead atoms. The van der Waals surface area contributed by atoms with Crippen molar-refractivity contribution in [1.82, 2.24) is 14.7 Å². The quantitative estimate of drug-likeness (QED) is 0.477. The number of rotatable bonds is 8. The molecule has 11 heteroatoms. The van der Waals surface area contributed by atoms with Gasteiger partial charge in [0.25, 0.3) is 0 Å². The summed E-state index contributed by atoms with van der Waals surface area (Å²) in [5.41, 5.74) is 0. The molecule has 0 atom stereocenters. The van der Waals surface area contributed by atoms with Crippen LogP contribution in [0.3, 0.4) is 0 Å². The van der Waals surface area contributed by atoms with Gasteiger partial charge in [-0.1, -0.05) is 11.3 Å². The number of ether oxygens (including phenoxy) is 2. The van der Waals surface area contributed by atoms with Crippen LogP contribution in [0.15, 0.2) is 0 Å². The van der Waals surface area contributed by atoms with Gasteiger partial charge >= 0.3 is 11.9 Å². The van der Waals surface area contributed by atoms with E-state index in [1.807, 2.05) is 0 Å². The molecule has 1 aliphatic carbocycles. The van der Waals surface area contributed by atoms with Crippen LogP contribution in [0.2, 0.25) is 0 Å². The Morgan fingerprint density at radius 3 is 2.24 bits per heavy atom. The molecule has 138 valence electrons. The zero-order valence-corrected chi connectivity index (χ0v) is 15.9. The molecule has 1 saturated carbocycles. The number of amides is 1. The standard InChI is InChI=1S/C14H20N4O5S2/c1-9(19)18(10-4-5-10)13-15-17(14(24)25-13)8-16(6-11(20)22-2)7-12(21)23-3/h10H,4-8H2,1-3H3. The summed E-state index contributed by atoms with van der Waals surface area (Å²) in [5.74, 6) is -1.07. The Morgan fingerprint density at radius 1 is 1.24 bits per heavy atom. The van der Waals surface area contributed by atoms with Gasteiger partial charge in [-0.2, -0.15) is 0 Å². The van der Waals surface area contributed by atoms with Crippen LogP contribution in [0, 0.1) is 3.95 Å². The van der Waals surface area contributed by atoms with Gasteiger partial charge in [-0.05, 0) is 25.1 Å². The fraction of sp³-hybridized carbons (Fsp3) is 0.643. The van der Waals surface area contributed by atoms with Gasteiger partial charge in [-0.3, -0.25) is 24.2 Å². The Hall–Kier alpha value is -1.85. The molecule has 0 aromatic carbocycles. The average Bonchev–Trinajstić information content (AvgIpc) is 3.31. The van der Waals surface area contributed by atoms with E-state index in [9.17, 15) is 14.4 Å². The van der Waals surface area contributed by atoms with Crippen LogP contribution in [-0.4, -0.2) is 65.9 Å². The maximum Gasteiger partial charge on any atom is 0.319 e. The summed E-state index contributed by atoms with van der Waals surface area (Å²) in [5, 5.41) is 4.91. The number of hydrogen-bond donors (Lipinski definition) is 0. The molecule has 1 aliphatic rings. The normalized spacial score (nSPS) is 13.6. The van der Waals surface area contributed by atoms with Crippen LogP contribution in [0.5, 0.6) is 0 Å². The monoisotopic (exact) mass is 388 g/mol. The van der Waals surface area contributed by atoms with Gasteiger partial charge < -0.3 is 9.47 Å². The van der Waals surface area contributed by atoms with Crippen molar-refractivity contribution < 1.29 is 23.9 Å². The highest BCUT2D eigenvalue weighted by Gasteiger charge is 2.34. The van der Waals surface area contributed by atoms with Crippen molar-refractivity contribution in [1.29, 1.82) is 0 Å². The Bertz CT molecular complexity index is 694. The highest BCUT2D eigenvalue weighted by Crippen LogP contribution is 2.33. The van der Waals surface area contributed by atoms with Crippen LogP contribution >= 0.6 is 23.6 Å². The van der Waals surface area contributed by atoms with E-state index >= 15 is 0 Å². The highest BCUT2D eigenvalue weighted by atomic mass is 32.1. The molecule has 0 unspecified atom stereocenters. The van der Waals surface area contributed by atoms with E-state index in [1.165, 1.54) is 42.1 Å². The lowest BCUT2D eigenvalue weighted by Crippen LogP contribution is -2.37. The van der Waals surface area contributed by atoms with Crippen molar-refractivity contribution in [3.63, 3.8) is 0 Å². The zero-order chi connectivity index (χ0) is 18.6. The molecule has 1 fully saturated rings. The lowest BCUT2D eigenvalue weighted by atomic mass is 10.5. The SMILES string of the molecule is COC(=O)CN(CC(=O)OC)Cn1nc(N(C(C)=O)C2CC2)sc1=S. The first-order chi connectivity index (χ1) is 11.8. The van der Waals surface area contributed by atoms with Crippen molar-refractivity contribution in [2.75, 3.05) is 32.2 Å². The van der Waals surface area contributed by atoms with E-state index in [1.54, 1.807) is 4.90 Å². The molecule has 0 radical (unpaired) electrons. The summed E-state index contributed by atoms with van der Waals surface area (Å²) in [6.07, 6.45) is 1.89. The van der Waals surface area contributed by atoms with Crippen molar-refractivity contribution in [2.24, 2.45) is 0 Å². The summed E-state index contributed by atoms with van der Waals surface area (Å²) in [6, 6.07) is 0.174. The van der Waals surface area contributed by atoms with Gasteiger partial charge in [0.15, 0.2) is 3.95 Å². The number of aromatic nitrogens is 2. The third-order valence-corrected chi connectivity index (χ3v) is 4.85. The van der Waals surface area contributed by atoms with Gasteiger partial charge in [-0.15, -0.1) is 5.10 Å². The Kier molecular flexibility index (Phi) is 6.62. The summed E-state index contributed by atoms with van der Waals surface area (Å²) < 4.78 is 11.2. The van der Waals surface area contributed by atoms with Gasteiger partial charge in [0.1, 0.15) is 0 Å². The van der Waals surface area contributed by atoms with E-state index in [-0.39, 0.29) is 31.7 Å². The molecule has 1 aromatic heterocycles. The number of hydrogen-bond acceptors (Lipinski definition) is 9. The van der Waals surface area contributed by atoms with Gasteiger partial charge in [0, 0.05) is 13.0 Å². The summed E-state index contributed by atoms with van der Waals surface area (Å²) >= 11 is 6.53. The fourth-order valence-corrected chi connectivity index (χ4v) is 3.40. The van der Waals surface area contributed by atoms with Crippen LogP contribution in [0.4, 0.5) is 5.13 Å². The Morgan fingerprint density at radius 2 is 1.80 bits per heavy atom. The number of esters is 2. The molecule has 1 aromatic rings. The lowest BCUT2D eigenvalue weighted by Gasteiger charge is -2.19. The molecular weight excluding hydrogens is 368 g/mol. The molecule has 0 N–H and O–H groups in total. The summed E-state index contributed by atoms with van der Waals surface area (Å²) in [6.45, 7) is 1.38. The average molecular weight is 388 g/mol. The Balaban J connectivity index is 2.17. The first kappa shape index (κ1) is 19.5. The van der Waals surface area contributed by atoms with E-state index < -0.39 is 11.9 Å². The molecule has 2 rings (SSSR count). The lowest BCUT2D eigenvalue weighted by molar-refractivity contribution is -0.146. The van der Waals surface area contributed by atoms with Gasteiger partial charge in [0.2, 0.25) is 11.0 Å². The second kappa shape index (κ2) is 8.50. The van der Waals surface area contributed by atoms with E-state index in [0.29, 0.717) is 9.09 Å². The van der Waals surface area contributed by atoms with E-state index in [4.69, 9.17) is 12.2 Å². The van der Waals surface area contributed by atoms with Gasteiger partial charge in [-0.25, -0.2) is 4.68 Å². The first-order valence-corrected chi connectivity index (χ1v) is 8.82. The minimum Gasteiger partial charge on any atom is -0.468 e. The second-order valence-corrected chi connectivity index (χ2v) is 7.15. The van der Waals surface area contributed by atoms with Crippen LogP contribution in [-0.2, 0) is 30.5 Å². The third kappa shape index (κ3) is 5.31. The zero-order valence-electron chi connectivity index (χ0n) is 14.3. The minimum atomic E-state index is -0.491. The summed E-state index contributed by atoms with van der Waals surface area (Å²) in [4.78, 5) is 38.1. The third-order valence-electron chi connectivity index (χ3n) is 3.55. The smallest absolute Gasteiger partial charge is 0.319 e. The van der Waals surface area contributed by atoms with Gasteiger partial charge in [0.05, 0.1) is 34.0 Å². The number of carbonyl (C=O) groups excluding carboxylic acids is 3. The molecule has 1 amide bonds. The Labute approximate surface area is 154 Å². The number of nitrogens with zero attached hydrogens (tertiary/aromatic N) is 4. The molecule has 0 saturated heterocycles. The first-order valence-electron chi connectivity index (χ1n) is 7.59. The second-order valence-electron chi connectivity index (χ2n) is 5.55. The van der Waals surface area contributed by atoms with E-state index in [0.717, 1.165) is 12.8 Å². The minimum absolute atomic E-state index is 0.0839. The predicted molar refractivity (Wildman–Crippen MR) is 92.7 cm³/mol. The number of carbonyl (C=O) groups is 3. The van der Waals surface area contributed by atoms with Crippen molar-refractivity contribution in [3.8, 4) is 0 Å². The molecule has 25 heavy (non-hydrogen) atoms. The van der Waals surface area contributed by atoms with Crippen molar-refractivity contribution >= 4 is 46.5 Å². The largest absolute Gasteiger partial charge is 0.468 e. The molecule has 0 aliphatic heterocycles. The van der Waals surface area contributed by atoms with E-state index in [2.05, 4.69) is 14.6 Å². The molecule has 0 spiro atoms. The molecular formula is C14H20N4O5S2. The van der Waals surface area contributed by atoms with Crippen molar-refractivity contribution in [3.05, 3.63) is 3.95 Å². The van der Waals surface area contributed by atoms with Crippen molar-refractivity contribution in [2.45, 2.75) is 32.5 Å².